The Morgan fingerprint density at radius 3 is 2.62 bits per heavy atom. The first-order valence-electron chi connectivity index (χ1n) is 8.58. The normalized spacial score (nSPS) is 19.0. The number of benzene rings is 2. The smallest absolute Gasteiger partial charge is 0.325 e. The molecular weight excluding hydrogens is 437 g/mol. The molecule has 1 N–H and O–H groups in total. The SMILES string of the molecule is CC1(c2ccc(Cl)c(Cl)c2)NC(=O)N(Cc2coc(-c3cccc(Cl)c3)n2)C1=O. The van der Waals surface area contributed by atoms with Gasteiger partial charge in [-0.15, -0.1) is 0 Å². The van der Waals surface area contributed by atoms with Crippen LogP contribution in [0.1, 0.15) is 18.2 Å². The number of oxazole rings is 1. The van der Waals surface area contributed by atoms with Crippen molar-refractivity contribution >= 4 is 46.7 Å². The number of rotatable bonds is 4. The number of halogens is 3. The summed E-state index contributed by atoms with van der Waals surface area (Å²) in [5.41, 5.74) is 0.404. The van der Waals surface area contributed by atoms with Gasteiger partial charge in [0.2, 0.25) is 5.89 Å². The lowest BCUT2D eigenvalue weighted by Gasteiger charge is -2.22. The van der Waals surface area contributed by atoms with Crippen molar-refractivity contribution in [1.82, 2.24) is 15.2 Å². The van der Waals surface area contributed by atoms with Gasteiger partial charge in [-0.2, -0.15) is 0 Å². The summed E-state index contributed by atoms with van der Waals surface area (Å²) < 4.78 is 5.48. The van der Waals surface area contributed by atoms with Crippen molar-refractivity contribution in [2.45, 2.75) is 19.0 Å². The highest BCUT2D eigenvalue weighted by Gasteiger charge is 2.49. The summed E-state index contributed by atoms with van der Waals surface area (Å²) in [6.45, 7) is 1.58. The third-order valence-corrected chi connectivity index (χ3v) is 5.69. The first kappa shape index (κ1) is 19.8. The fraction of sp³-hybridized carbons (Fsp3) is 0.150. The zero-order chi connectivity index (χ0) is 20.8. The Hall–Kier alpha value is -2.54. The molecule has 0 saturated carbocycles. The van der Waals surface area contributed by atoms with Crippen LogP contribution in [0.2, 0.25) is 15.1 Å². The van der Waals surface area contributed by atoms with Gasteiger partial charge in [-0.05, 0) is 42.8 Å². The molecule has 0 spiro atoms. The molecule has 3 amide bonds. The quantitative estimate of drug-likeness (QED) is 0.550. The third-order valence-electron chi connectivity index (χ3n) is 4.72. The molecule has 2 aromatic carbocycles. The summed E-state index contributed by atoms with van der Waals surface area (Å²) in [5.74, 6) is -0.0741. The second-order valence-electron chi connectivity index (χ2n) is 6.73. The van der Waals surface area contributed by atoms with Crippen molar-refractivity contribution in [2.75, 3.05) is 0 Å². The van der Waals surface area contributed by atoms with Crippen molar-refractivity contribution in [3.05, 3.63) is 75.1 Å². The van der Waals surface area contributed by atoms with Crippen LogP contribution in [-0.4, -0.2) is 21.8 Å². The molecule has 9 heteroatoms. The Bertz CT molecular complexity index is 1130. The van der Waals surface area contributed by atoms with Crippen LogP contribution in [-0.2, 0) is 16.9 Å². The average Bonchev–Trinajstić information content (AvgIpc) is 3.23. The van der Waals surface area contributed by atoms with Gasteiger partial charge in [-0.25, -0.2) is 9.78 Å². The minimum absolute atomic E-state index is 0.0361. The van der Waals surface area contributed by atoms with Crippen molar-refractivity contribution in [2.24, 2.45) is 0 Å². The van der Waals surface area contributed by atoms with Gasteiger partial charge in [-0.3, -0.25) is 9.69 Å². The molecule has 1 aliphatic rings. The maximum Gasteiger partial charge on any atom is 0.325 e. The summed E-state index contributed by atoms with van der Waals surface area (Å²) in [7, 11) is 0. The Kier molecular flexibility index (Phi) is 5.02. The van der Waals surface area contributed by atoms with E-state index in [0.29, 0.717) is 37.8 Å². The Balaban J connectivity index is 1.58. The van der Waals surface area contributed by atoms with E-state index in [1.165, 1.54) is 6.26 Å². The van der Waals surface area contributed by atoms with E-state index in [1.807, 2.05) is 0 Å². The highest BCUT2D eigenvalue weighted by atomic mass is 35.5. The maximum absolute atomic E-state index is 13.1. The highest BCUT2D eigenvalue weighted by molar-refractivity contribution is 6.42. The Labute approximate surface area is 181 Å². The van der Waals surface area contributed by atoms with Crippen LogP contribution in [0.15, 0.2) is 53.1 Å². The number of carbonyl (C=O) groups excluding carboxylic acids is 2. The number of hydrogen-bond donors (Lipinski definition) is 1. The lowest BCUT2D eigenvalue weighted by Crippen LogP contribution is -2.40. The van der Waals surface area contributed by atoms with Gasteiger partial charge in [0, 0.05) is 10.6 Å². The molecule has 0 bridgehead atoms. The van der Waals surface area contributed by atoms with Crippen LogP contribution in [0, 0.1) is 0 Å². The molecule has 2 heterocycles. The van der Waals surface area contributed by atoms with Crippen molar-refractivity contribution in [1.29, 1.82) is 0 Å². The monoisotopic (exact) mass is 449 g/mol. The topological polar surface area (TPSA) is 75.4 Å². The van der Waals surface area contributed by atoms with Crippen LogP contribution in [0.5, 0.6) is 0 Å². The molecule has 148 valence electrons. The minimum Gasteiger partial charge on any atom is -0.444 e. The summed E-state index contributed by atoms with van der Waals surface area (Å²) in [5, 5.41) is 3.93. The zero-order valence-corrected chi connectivity index (χ0v) is 17.3. The van der Waals surface area contributed by atoms with E-state index in [4.69, 9.17) is 39.2 Å². The molecular formula is C20H14Cl3N3O3. The van der Waals surface area contributed by atoms with E-state index in [9.17, 15) is 9.59 Å². The molecule has 1 saturated heterocycles. The van der Waals surface area contributed by atoms with Crippen LogP contribution in [0.4, 0.5) is 4.79 Å². The summed E-state index contributed by atoms with van der Waals surface area (Å²) in [6, 6.07) is 11.3. The van der Waals surface area contributed by atoms with E-state index in [0.717, 1.165) is 4.90 Å². The first-order valence-corrected chi connectivity index (χ1v) is 9.71. The van der Waals surface area contributed by atoms with E-state index in [2.05, 4.69) is 10.3 Å². The van der Waals surface area contributed by atoms with Crippen LogP contribution >= 0.6 is 34.8 Å². The third kappa shape index (κ3) is 3.59. The van der Waals surface area contributed by atoms with Crippen LogP contribution in [0.25, 0.3) is 11.5 Å². The molecule has 1 unspecified atom stereocenters. The molecule has 0 radical (unpaired) electrons. The van der Waals surface area contributed by atoms with E-state index < -0.39 is 17.5 Å². The molecule has 29 heavy (non-hydrogen) atoms. The van der Waals surface area contributed by atoms with E-state index in [-0.39, 0.29) is 6.54 Å². The molecule has 3 aromatic rings. The van der Waals surface area contributed by atoms with Crippen molar-refractivity contribution in [3.8, 4) is 11.5 Å². The number of urea groups is 1. The molecule has 0 aliphatic carbocycles. The molecule has 1 atom stereocenters. The van der Waals surface area contributed by atoms with Gasteiger partial charge in [0.15, 0.2) is 0 Å². The predicted octanol–water partition coefficient (Wildman–Crippen LogP) is 5.27. The van der Waals surface area contributed by atoms with Crippen molar-refractivity contribution < 1.29 is 14.0 Å². The number of carbonyl (C=O) groups is 2. The second-order valence-corrected chi connectivity index (χ2v) is 7.98. The average molecular weight is 451 g/mol. The second kappa shape index (κ2) is 7.37. The maximum atomic E-state index is 13.1. The number of nitrogens with zero attached hydrogens (tertiary/aromatic N) is 2. The fourth-order valence-corrected chi connectivity index (χ4v) is 3.63. The molecule has 1 aromatic heterocycles. The van der Waals surface area contributed by atoms with Gasteiger partial charge in [0.05, 0.1) is 22.3 Å². The van der Waals surface area contributed by atoms with Crippen LogP contribution < -0.4 is 5.32 Å². The lowest BCUT2D eigenvalue weighted by atomic mass is 9.92. The first-order chi connectivity index (χ1) is 13.8. The number of amides is 3. The molecule has 6 nitrogen and oxygen atoms in total. The lowest BCUT2D eigenvalue weighted by molar-refractivity contribution is -0.131. The summed E-state index contributed by atoms with van der Waals surface area (Å²) >= 11 is 18.0. The van der Waals surface area contributed by atoms with Crippen molar-refractivity contribution in [3.63, 3.8) is 0 Å². The highest BCUT2D eigenvalue weighted by Crippen LogP contribution is 2.33. The van der Waals surface area contributed by atoms with Gasteiger partial charge >= 0.3 is 6.03 Å². The molecule has 1 aliphatic heterocycles. The number of aromatic nitrogens is 1. The fourth-order valence-electron chi connectivity index (χ4n) is 3.14. The number of imide groups is 1. The minimum atomic E-state index is -1.26. The summed E-state index contributed by atoms with van der Waals surface area (Å²) in [4.78, 5) is 31.0. The van der Waals surface area contributed by atoms with Gasteiger partial charge in [0.1, 0.15) is 11.8 Å². The largest absolute Gasteiger partial charge is 0.444 e. The van der Waals surface area contributed by atoms with Gasteiger partial charge < -0.3 is 9.73 Å². The van der Waals surface area contributed by atoms with Crippen LogP contribution in [0.3, 0.4) is 0 Å². The van der Waals surface area contributed by atoms with E-state index in [1.54, 1.807) is 49.4 Å². The predicted molar refractivity (Wildman–Crippen MR) is 110 cm³/mol. The number of hydrogen-bond acceptors (Lipinski definition) is 4. The standard InChI is InChI=1S/C20H14Cl3N3O3/c1-20(12-5-6-15(22)16(23)8-12)18(27)26(19(28)25-20)9-14-10-29-17(24-14)11-3-2-4-13(21)7-11/h2-8,10H,9H2,1H3,(H,25,28). The van der Waals surface area contributed by atoms with E-state index >= 15 is 0 Å². The summed E-state index contributed by atoms with van der Waals surface area (Å²) in [6.07, 6.45) is 1.41. The van der Waals surface area contributed by atoms with Gasteiger partial charge in [0.25, 0.3) is 5.91 Å². The Morgan fingerprint density at radius 2 is 1.90 bits per heavy atom. The number of nitrogens with one attached hydrogen (secondary N) is 1. The zero-order valence-electron chi connectivity index (χ0n) is 15.1. The molecule has 1 fully saturated rings. The van der Waals surface area contributed by atoms with Gasteiger partial charge in [-0.1, -0.05) is 46.9 Å². The molecule has 4 rings (SSSR count). The Morgan fingerprint density at radius 1 is 1.10 bits per heavy atom.